The van der Waals surface area contributed by atoms with Crippen molar-refractivity contribution in [1.29, 1.82) is 0 Å². The van der Waals surface area contributed by atoms with Gasteiger partial charge in [-0.2, -0.15) is 0 Å². The van der Waals surface area contributed by atoms with Gasteiger partial charge in [0.1, 0.15) is 0 Å². The molecule has 6 heteroatoms. The fraction of sp³-hybridized carbons (Fsp3) is 0.333. The first-order chi connectivity index (χ1) is 12.5. The summed E-state index contributed by atoms with van der Waals surface area (Å²) in [5.41, 5.74) is 8.92. The minimum atomic E-state index is -0.176. The molecular weight excluding hydrogens is 362 g/mol. The van der Waals surface area contributed by atoms with Crippen LogP contribution in [-0.4, -0.2) is 17.9 Å². The Hall–Kier alpha value is -2.37. The van der Waals surface area contributed by atoms with Crippen LogP contribution in [0, 0.1) is 12.8 Å². The summed E-state index contributed by atoms with van der Waals surface area (Å²) in [5, 5.41) is 5.88. The molecule has 1 aliphatic carbocycles. The lowest BCUT2D eigenvalue weighted by Gasteiger charge is -2.26. The number of rotatable bonds is 4. The number of benzene rings is 2. The molecule has 2 aromatic carbocycles. The van der Waals surface area contributed by atoms with Crippen LogP contribution in [0.2, 0.25) is 0 Å². The van der Waals surface area contributed by atoms with Crippen molar-refractivity contribution in [3.05, 3.63) is 59.7 Å². The molecular formula is C21H26ClN3O2. The maximum absolute atomic E-state index is 12.6. The number of hydrogen-bond donors (Lipinski definition) is 3. The molecule has 0 heterocycles. The molecule has 4 N–H and O–H groups in total. The highest BCUT2D eigenvalue weighted by molar-refractivity contribution is 6.04. The third-order valence-electron chi connectivity index (χ3n) is 4.87. The maximum atomic E-state index is 12.6. The second kappa shape index (κ2) is 9.53. The van der Waals surface area contributed by atoms with Gasteiger partial charge in [0.25, 0.3) is 5.91 Å². The Morgan fingerprint density at radius 1 is 1.04 bits per heavy atom. The van der Waals surface area contributed by atoms with E-state index in [-0.39, 0.29) is 36.2 Å². The highest BCUT2D eigenvalue weighted by atomic mass is 35.5. The Kier molecular flexibility index (Phi) is 7.39. The van der Waals surface area contributed by atoms with Gasteiger partial charge in [0.05, 0.1) is 0 Å². The molecule has 2 aromatic rings. The number of amides is 2. The van der Waals surface area contributed by atoms with Gasteiger partial charge < -0.3 is 16.4 Å². The van der Waals surface area contributed by atoms with Crippen LogP contribution in [0.25, 0.3) is 0 Å². The first-order valence-electron chi connectivity index (χ1n) is 9.06. The quantitative estimate of drug-likeness (QED) is 0.737. The van der Waals surface area contributed by atoms with Gasteiger partial charge in [-0.15, -0.1) is 12.4 Å². The standard InChI is InChI=1S/C21H25N3O2.ClH/c1-14-10-11-18(23-20(25)15-6-3-2-4-7-15)13-19(14)24-21(26)16-8-5-9-17(22)12-16;/h2-4,6-7,10-11,13,16-17H,5,8-9,12,22H2,1H3,(H,23,25)(H,24,26);1H. The second-order valence-corrected chi connectivity index (χ2v) is 6.96. The van der Waals surface area contributed by atoms with Gasteiger partial charge in [-0.1, -0.05) is 30.7 Å². The Bertz CT molecular complexity index is 795. The lowest BCUT2D eigenvalue weighted by atomic mass is 9.85. The lowest BCUT2D eigenvalue weighted by molar-refractivity contribution is -0.120. The van der Waals surface area contributed by atoms with E-state index in [0.717, 1.165) is 36.9 Å². The average molecular weight is 388 g/mol. The van der Waals surface area contributed by atoms with Gasteiger partial charge in [-0.05, 0) is 56.0 Å². The van der Waals surface area contributed by atoms with Crippen molar-refractivity contribution in [2.75, 3.05) is 10.6 Å². The zero-order valence-corrected chi connectivity index (χ0v) is 16.2. The third-order valence-corrected chi connectivity index (χ3v) is 4.87. The van der Waals surface area contributed by atoms with Crippen LogP contribution < -0.4 is 16.4 Å². The zero-order chi connectivity index (χ0) is 18.5. The number of carbonyl (C=O) groups is 2. The van der Waals surface area contributed by atoms with Crippen molar-refractivity contribution in [3.8, 4) is 0 Å². The van der Waals surface area contributed by atoms with Crippen molar-refractivity contribution in [2.45, 2.75) is 38.6 Å². The molecule has 27 heavy (non-hydrogen) atoms. The molecule has 0 bridgehead atoms. The summed E-state index contributed by atoms with van der Waals surface area (Å²) in [4.78, 5) is 24.9. The third kappa shape index (κ3) is 5.55. The van der Waals surface area contributed by atoms with E-state index in [4.69, 9.17) is 5.73 Å². The van der Waals surface area contributed by atoms with E-state index < -0.39 is 0 Å². The second-order valence-electron chi connectivity index (χ2n) is 6.96. The summed E-state index contributed by atoms with van der Waals surface area (Å²) >= 11 is 0. The lowest BCUT2D eigenvalue weighted by Crippen LogP contribution is -2.34. The predicted octanol–water partition coefficient (Wildman–Crippen LogP) is 4.13. The van der Waals surface area contributed by atoms with Crippen molar-refractivity contribution in [3.63, 3.8) is 0 Å². The monoisotopic (exact) mass is 387 g/mol. The molecule has 0 aliphatic heterocycles. The van der Waals surface area contributed by atoms with Crippen molar-refractivity contribution >= 4 is 35.6 Å². The van der Waals surface area contributed by atoms with Crippen molar-refractivity contribution in [1.82, 2.24) is 0 Å². The van der Waals surface area contributed by atoms with Crippen LogP contribution in [0.5, 0.6) is 0 Å². The number of nitrogens with two attached hydrogens (primary N) is 1. The van der Waals surface area contributed by atoms with E-state index in [0.29, 0.717) is 11.3 Å². The van der Waals surface area contributed by atoms with Crippen molar-refractivity contribution < 1.29 is 9.59 Å². The summed E-state index contributed by atoms with van der Waals surface area (Å²) < 4.78 is 0. The average Bonchev–Trinajstić information content (AvgIpc) is 2.65. The molecule has 0 radical (unpaired) electrons. The molecule has 5 nitrogen and oxygen atoms in total. The molecule has 0 aromatic heterocycles. The van der Waals surface area contributed by atoms with E-state index in [2.05, 4.69) is 10.6 Å². The summed E-state index contributed by atoms with van der Waals surface area (Å²) in [6.07, 6.45) is 3.59. The van der Waals surface area contributed by atoms with E-state index >= 15 is 0 Å². The minimum absolute atomic E-state index is 0. The number of halogens is 1. The molecule has 2 unspecified atom stereocenters. The molecule has 3 rings (SSSR count). The number of carbonyl (C=O) groups excluding carboxylic acids is 2. The van der Waals surface area contributed by atoms with Gasteiger partial charge in [-0.3, -0.25) is 9.59 Å². The van der Waals surface area contributed by atoms with Gasteiger partial charge in [0, 0.05) is 28.9 Å². The summed E-state index contributed by atoms with van der Waals surface area (Å²) in [5.74, 6) is -0.208. The molecule has 1 aliphatic rings. The van der Waals surface area contributed by atoms with Crippen molar-refractivity contribution in [2.24, 2.45) is 11.7 Å². The number of nitrogens with one attached hydrogen (secondary N) is 2. The molecule has 0 spiro atoms. The molecule has 2 atom stereocenters. The molecule has 144 valence electrons. The van der Waals surface area contributed by atoms with Crippen LogP contribution in [0.1, 0.15) is 41.6 Å². The molecule has 1 saturated carbocycles. The van der Waals surface area contributed by atoms with Crippen LogP contribution in [0.4, 0.5) is 11.4 Å². The fourth-order valence-electron chi connectivity index (χ4n) is 3.33. The first kappa shape index (κ1) is 20.9. The fourth-order valence-corrected chi connectivity index (χ4v) is 3.33. The van der Waals surface area contributed by atoms with E-state index in [9.17, 15) is 9.59 Å². The zero-order valence-electron chi connectivity index (χ0n) is 15.4. The molecule has 1 fully saturated rings. The normalized spacial score (nSPS) is 18.9. The highest BCUT2D eigenvalue weighted by Gasteiger charge is 2.25. The van der Waals surface area contributed by atoms with Crippen LogP contribution in [0.3, 0.4) is 0 Å². The summed E-state index contributed by atoms with van der Waals surface area (Å²) in [6, 6.07) is 14.7. The van der Waals surface area contributed by atoms with Gasteiger partial charge >= 0.3 is 0 Å². The number of hydrogen-bond acceptors (Lipinski definition) is 3. The number of anilines is 2. The minimum Gasteiger partial charge on any atom is -0.328 e. The Balaban J connectivity index is 0.00000261. The first-order valence-corrected chi connectivity index (χ1v) is 9.06. The number of aryl methyl sites for hydroxylation is 1. The largest absolute Gasteiger partial charge is 0.328 e. The van der Waals surface area contributed by atoms with Gasteiger partial charge in [0.15, 0.2) is 0 Å². The SMILES string of the molecule is Cc1ccc(NC(=O)c2ccccc2)cc1NC(=O)C1CCCC(N)C1.Cl. The van der Waals surface area contributed by atoms with E-state index in [1.54, 1.807) is 18.2 Å². The van der Waals surface area contributed by atoms with Crippen LogP contribution in [0.15, 0.2) is 48.5 Å². The van der Waals surface area contributed by atoms with E-state index in [1.807, 2.05) is 37.3 Å². The highest BCUT2D eigenvalue weighted by Crippen LogP contribution is 2.26. The summed E-state index contributed by atoms with van der Waals surface area (Å²) in [7, 11) is 0. The Labute approximate surface area is 166 Å². The smallest absolute Gasteiger partial charge is 0.255 e. The Morgan fingerprint density at radius 3 is 2.48 bits per heavy atom. The van der Waals surface area contributed by atoms with Gasteiger partial charge in [-0.25, -0.2) is 0 Å². The Morgan fingerprint density at radius 2 is 1.78 bits per heavy atom. The predicted molar refractivity (Wildman–Crippen MR) is 111 cm³/mol. The molecule has 0 saturated heterocycles. The van der Waals surface area contributed by atoms with Gasteiger partial charge in [0.2, 0.25) is 5.91 Å². The maximum Gasteiger partial charge on any atom is 0.255 e. The topological polar surface area (TPSA) is 84.2 Å². The molecule has 2 amide bonds. The van der Waals surface area contributed by atoms with E-state index in [1.165, 1.54) is 0 Å². The van der Waals surface area contributed by atoms with Crippen LogP contribution in [-0.2, 0) is 4.79 Å². The summed E-state index contributed by atoms with van der Waals surface area (Å²) in [6.45, 7) is 1.94. The van der Waals surface area contributed by atoms with Crippen LogP contribution >= 0.6 is 12.4 Å².